The summed E-state index contributed by atoms with van der Waals surface area (Å²) in [5.74, 6) is 1.19. The van der Waals surface area contributed by atoms with E-state index >= 15 is 0 Å². The largest absolute Gasteiger partial charge is 0.319 e. The molecule has 0 bridgehead atoms. The van der Waals surface area contributed by atoms with Gasteiger partial charge in [0.25, 0.3) is 0 Å². The summed E-state index contributed by atoms with van der Waals surface area (Å²) >= 11 is 0. The minimum atomic E-state index is 0.489. The van der Waals surface area contributed by atoms with Crippen molar-refractivity contribution in [3.63, 3.8) is 0 Å². The molecule has 1 heterocycles. The van der Waals surface area contributed by atoms with Crippen LogP contribution in [-0.2, 0) is 6.42 Å². The smallest absolute Gasteiger partial charge is 0.0444 e. The fraction of sp³-hybridized carbons (Fsp3) is 0.615. The molecule has 0 saturated carbocycles. The quantitative estimate of drug-likeness (QED) is 0.801. The van der Waals surface area contributed by atoms with Crippen LogP contribution in [0, 0.1) is 5.92 Å². The van der Waals surface area contributed by atoms with E-state index in [-0.39, 0.29) is 0 Å². The van der Waals surface area contributed by atoms with Crippen molar-refractivity contribution in [3.05, 3.63) is 29.6 Å². The molecular formula is C13H22N2. The van der Waals surface area contributed by atoms with E-state index in [1.54, 1.807) is 0 Å². The monoisotopic (exact) mass is 206 g/mol. The van der Waals surface area contributed by atoms with Crippen LogP contribution in [0.15, 0.2) is 18.3 Å². The van der Waals surface area contributed by atoms with Crippen LogP contribution in [-0.4, -0.2) is 18.6 Å². The molecule has 0 aliphatic rings. The fourth-order valence-corrected chi connectivity index (χ4v) is 1.73. The second-order valence-electron chi connectivity index (χ2n) is 4.65. The van der Waals surface area contributed by atoms with Crippen molar-refractivity contribution in [1.82, 2.24) is 10.3 Å². The van der Waals surface area contributed by atoms with E-state index < -0.39 is 0 Å². The molecule has 0 amide bonds. The Morgan fingerprint density at radius 3 is 2.47 bits per heavy atom. The molecule has 1 aromatic heterocycles. The van der Waals surface area contributed by atoms with Gasteiger partial charge < -0.3 is 5.32 Å². The average molecular weight is 206 g/mol. The Kier molecular flexibility index (Phi) is 4.76. The first-order valence-corrected chi connectivity index (χ1v) is 5.73. The Morgan fingerprint density at radius 1 is 1.27 bits per heavy atom. The van der Waals surface area contributed by atoms with Crippen molar-refractivity contribution < 1.29 is 0 Å². The molecule has 1 aromatic rings. The molecule has 0 spiro atoms. The van der Waals surface area contributed by atoms with Crippen LogP contribution in [0.3, 0.4) is 0 Å². The van der Waals surface area contributed by atoms with Gasteiger partial charge >= 0.3 is 0 Å². The maximum atomic E-state index is 4.51. The highest BCUT2D eigenvalue weighted by Gasteiger charge is 2.05. The van der Waals surface area contributed by atoms with Crippen LogP contribution in [0.1, 0.15) is 37.9 Å². The van der Waals surface area contributed by atoms with Gasteiger partial charge in [-0.3, -0.25) is 4.98 Å². The topological polar surface area (TPSA) is 24.9 Å². The Hall–Kier alpha value is -0.890. The molecule has 0 radical (unpaired) electrons. The van der Waals surface area contributed by atoms with E-state index in [1.807, 2.05) is 13.2 Å². The van der Waals surface area contributed by atoms with E-state index in [0.29, 0.717) is 11.8 Å². The average Bonchev–Trinajstić information content (AvgIpc) is 2.18. The summed E-state index contributed by atoms with van der Waals surface area (Å²) in [6, 6.07) is 4.36. The van der Waals surface area contributed by atoms with Crippen molar-refractivity contribution in [2.24, 2.45) is 5.92 Å². The fourth-order valence-electron chi connectivity index (χ4n) is 1.73. The van der Waals surface area contributed by atoms with Crippen molar-refractivity contribution in [3.8, 4) is 0 Å². The van der Waals surface area contributed by atoms with Gasteiger partial charge in [0.05, 0.1) is 0 Å². The van der Waals surface area contributed by atoms with Crippen molar-refractivity contribution in [2.75, 3.05) is 13.6 Å². The number of hydrogen-bond donors (Lipinski definition) is 1. The molecule has 2 nitrogen and oxygen atoms in total. The van der Waals surface area contributed by atoms with Gasteiger partial charge in [-0.05, 0) is 31.0 Å². The van der Waals surface area contributed by atoms with Crippen LogP contribution in [0.2, 0.25) is 0 Å². The molecule has 0 fully saturated rings. The highest BCUT2D eigenvalue weighted by molar-refractivity contribution is 5.17. The Labute approximate surface area is 93.1 Å². The molecule has 15 heavy (non-hydrogen) atoms. The molecule has 1 unspecified atom stereocenters. The molecular weight excluding hydrogens is 184 g/mol. The normalized spacial score (nSPS) is 13.1. The van der Waals surface area contributed by atoms with Crippen LogP contribution < -0.4 is 5.32 Å². The van der Waals surface area contributed by atoms with Crippen molar-refractivity contribution >= 4 is 0 Å². The molecule has 0 aliphatic carbocycles. The lowest BCUT2D eigenvalue weighted by atomic mass is 10.0. The summed E-state index contributed by atoms with van der Waals surface area (Å²) in [5.41, 5.74) is 2.52. The summed E-state index contributed by atoms with van der Waals surface area (Å²) < 4.78 is 0. The van der Waals surface area contributed by atoms with E-state index in [1.165, 1.54) is 11.3 Å². The molecule has 1 atom stereocenters. The lowest BCUT2D eigenvalue weighted by Crippen LogP contribution is -2.15. The molecule has 0 aliphatic heterocycles. The molecule has 1 N–H and O–H groups in total. The third-order valence-corrected chi connectivity index (χ3v) is 2.51. The second-order valence-corrected chi connectivity index (χ2v) is 4.65. The second kappa shape index (κ2) is 5.86. The standard InChI is InChI=1S/C13H22N2/c1-10(2)7-12-5-6-13(15-9-12)11(3)8-14-4/h5-6,9-11,14H,7-8H2,1-4H3. The molecule has 2 heteroatoms. The first kappa shape index (κ1) is 12.2. The highest BCUT2D eigenvalue weighted by atomic mass is 14.8. The van der Waals surface area contributed by atoms with E-state index in [9.17, 15) is 0 Å². The number of rotatable bonds is 5. The van der Waals surface area contributed by atoms with Gasteiger partial charge in [-0.15, -0.1) is 0 Å². The third kappa shape index (κ3) is 4.00. The first-order chi connectivity index (χ1) is 7.13. The zero-order chi connectivity index (χ0) is 11.3. The minimum Gasteiger partial charge on any atom is -0.319 e. The van der Waals surface area contributed by atoms with Gasteiger partial charge in [-0.2, -0.15) is 0 Å². The molecule has 1 rings (SSSR count). The van der Waals surface area contributed by atoms with Gasteiger partial charge in [-0.25, -0.2) is 0 Å². The molecule has 0 saturated heterocycles. The van der Waals surface area contributed by atoms with Gasteiger partial charge in [0.2, 0.25) is 0 Å². The van der Waals surface area contributed by atoms with Crippen LogP contribution in [0.5, 0.6) is 0 Å². The summed E-state index contributed by atoms with van der Waals surface area (Å²) in [4.78, 5) is 4.51. The Morgan fingerprint density at radius 2 is 2.00 bits per heavy atom. The highest BCUT2D eigenvalue weighted by Crippen LogP contribution is 2.13. The van der Waals surface area contributed by atoms with E-state index in [0.717, 1.165) is 13.0 Å². The molecule has 0 aromatic carbocycles. The predicted molar refractivity (Wildman–Crippen MR) is 65.1 cm³/mol. The van der Waals surface area contributed by atoms with E-state index in [2.05, 4.69) is 43.2 Å². The van der Waals surface area contributed by atoms with Crippen molar-refractivity contribution in [2.45, 2.75) is 33.1 Å². The zero-order valence-electron chi connectivity index (χ0n) is 10.2. The van der Waals surface area contributed by atoms with Crippen LogP contribution in [0.25, 0.3) is 0 Å². The van der Waals surface area contributed by atoms with Crippen molar-refractivity contribution in [1.29, 1.82) is 0 Å². The maximum absolute atomic E-state index is 4.51. The predicted octanol–water partition coefficient (Wildman–Crippen LogP) is 2.60. The number of hydrogen-bond acceptors (Lipinski definition) is 2. The number of likely N-dealkylation sites (N-methyl/N-ethyl adjacent to an activating group) is 1. The minimum absolute atomic E-state index is 0.489. The summed E-state index contributed by atoms with van der Waals surface area (Å²) in [6.07, 6.45) is 3.13. The van der Waals surface area contributed by atoms with Crippen LogP contribution in [0.4, 0.5) is 0 Å². The summed E-state index contributed by atoms with van der Waals surface area (Å²) in [6.45, 7) is 7.65. The summed E-state index contributed by atoms with van der Waals surface area (Å²) in [7, 11) is 1.98. The lowest BCUT2D eigenvalue weighted by molar-refractivity contribution is 0.638. The van der Waals surface area contributed by atoms with Gasteiger partial charge in [0.15, 0.2) is 0 Å². The number of nitrogens with zero attached hydrogens (tertiary/aromatic N) is 1. The van der Waals surface area contributed by atoms with Gasteiger partial charge in [0, 0.05) is 24.4 Å². The zero-order valence-corrected chi connectivity index (χ0v) is 10.2. The van der Waals surface area contributed by atoms with Gasteiger partial charge in [-0.1, -0.05) is 26.8 Å². The third-order valence-electron chi connectivity index (χ3n) is 2.51. The number of pyridine rings is 1. The SMILES string of the molecule is CNCC(C)c1ccc(CC(C)C)cn1. The lowest BCUT2D eigenvalue weighted by Gasteiger charge is -2.11. The first-order valence-electron chi connectivity index (χ1n) is 5.73. The van der Waals surface area contributed by atoms with E-state index in [4.69, 9.17) is 0 Å². The molecule has 84 valence electrons. The van der Waals surface area contributed by atoms with Crippen LogP contribution >= 0.6 is 0 Å². The number of aromatic nitrogens is 1. The summed E-state index contributed by atoms with van der Waals surface area (Å²) in [5, 5.41) is 3.17. The Bertz CT molecular complexity index is 277. The maximum Gasteiger partial charge on any atom is 0.0444 e. The Balaban J connectivity index is 2.63. The number of nitrogens with one attached hydrogen (secondary N) is 1. The van der Waals surface area contributed by atoms with Gasteiger partial charge in [0.1, 0.15) is 0 Å².